The van der Waals surface area contributed by atoms with Crippen molar-refractivity contribution in [1.82, 2.24) is 5.32 Å². The smallest absolute Gasteiger partial charge is 0.146 e. The fourth-order valence-corrected chi connectivity index (χ4v) is 2.12. The molecule has 1 aromatic carbocycles. The van der Waals surface area contributed by atoms with Crippen LogP contribution < -0.4 is 10.2 Å². The molecule has 0 spiro atoms. The van der Waals surface area contributed by atoms with Crippen molar-refractivity contribution in [3.05, 3.63) is 29.6 Å². The number of nitrogens with zero attached hydrogens (tertiary/aromatic N) is 1. The van der Waals surface area contributed by atoms with Gasteiger partial charge in [-0.05, 0) is 46.2 Å². The molecular formula is C16H27FN2O. The molecule has 0 aliphatic carbocycles. The molecule has 1 aromatic rings. The van der Waals surface area contributed by atoms with Gasteiger partial charge in [0.25, 0.3) is 0 Å². The third-order valence-electron chi connectivity index (χ3n) is 3.13. The highest BCUT2D eigenvalue weighted by molar-refractivity contribution is 5.55. The molecule has 0 amide bonds. The standard InChI is InChI=1S/C16H27FN2O/c1-12(2)19(9-10-20)15-13(7-6-8-14(15)17)11-18-16(3,4)5/h6-8,12,18,20H,9-11H2,1-5H3. The molecule has 114 valence electrons. The van der Waals surface area contributed by atoms with Gasteiger partial charge in [-0.25, -0.2) is 4.39 Å². The minimum absolute atomic E-state index is 0.0126. The van der Waals surface area contributed by atoms with Crippen molar-refractivity contribution in [2.75, 3.05) is 18.1 Å². The predicted molar refractivity (Wildman–Crippen MR) is 82.6 cm³/mol. The summed E-state index contributed by atoms with van der Waals surface area (Å²) in [6, 6.07) is 5.27. The Hall–Kier alpha value is -1.13. The van der Waals surface area contributed by atoms with E-state index >= 15 is 0 Å². The summed E-state index contributed by atoms with van der Waals surface area (Å²) in [6.45, 7) is 11.3. The lowest BCUT2D eigenvalue weighted by Crippen LogP contribution is -2.38. The van der Waals surface area contributed by atoms with Crippen molar-refractivity contribution in [2.24, 2.45) is 0 Å². The molecule has 0 aliphatic rings. The van der Waals surface area contributed by atoms with Crippen LogP contribution in [0.3, 0.4) is 0 Å². The topological polar surface area (TPSA) is 35.5 Å². The quantitative estimate of drug-likeness (QED) is 0.842. The molecule has 20 heavy (non-hydrogen) atoms. The maximum Gasteiger partial charge on any atom is 0.146 e. The van der Waals surface area contributed by atoms with Crippen LogP contribution in [0.4, 0.5) is 10.1 Å². The number of hydrogen-bond donors (Lipinski definition) is 2. The van der Waals surface area contributed by atoms with E-state index in [1.54, 1.807) is 6.07 Å². The zero-order chi connectivity index (χ0) is 15.3. The van der Waals surface area contributed by atoms with E-state index in [9.17, 15) is 9.50 Å². The van der Waals surface area contributed by atoms with E-state index in [4.69, 9.17) is 0 Å². The van der Waals surface area contributed by atoms with Gasteiger partial charge in [0.05, 0.1) is 12.3 Å². The SMILES string of the molecule is CC(C)N(CCO)c1c(F)cccc1CNC(C)(C)C. The van der Waals surface area contributed by atoms with Crippen LogP contribution in [0, 0.1) is 5.82 Å². The Morgan fingerprint density at radius 2 is 1.95 bits per heavy atom. The number of para-hydroxylation sites is 1. The Kier molecular flexibility index (Phi) is 5.96. The fraction of sp³-hybridized carbons (Fsp3) is 0.625. The van der Waals surface area contributed by atoms with Crippen molar-refractivity contribution in [1.29, 1.82) is 0 Å². The van der Waals surface area contributed by atoms with Gasteiger partial charge in [-0.2, -0.15) is 0 Å². The largest absolute Gasteiger partial charge is 0.395 e. The molecule has 4 heteroatoms. The molecule has 0 aliphatic heterocycles. The summed E-state index contributed by atoms with van der Waals surface area (Å²) in [4.78, 5) is 1.91. The van der Waals surface area contributed by atoms with E-state index in [2.05, 4.69) is 26.1 Å². The van der Waals surface area contributed by atoms with E-state index in [0.29, 0.717) is 18.8 Å². The van der Waals surface area contributed by atoms with Gasteiger partial charge in [0.2, 0.25) is 0 Å². The molecule has 1 rings (SSSR count). The first-order valence-electron chi connectivity index (χ1n) is 7.16. The summed E-state index contributed by atoms with van der Waals surface area (Å²) < 4.78 is 14.3. The maximum atomic E-state index is 14.3. The van der Waals surface area contributed by atoms with Gasteiger partial charge in [-0.3, -0.25) is 0 Å². The molecule has 2 N–H and O–H groups in total. The second-order valence-corrected chi connectivity index (χ2v) is 6.36. The second kappa shape index (κ2) is 7.04. The normalized spacial score (nSPS) is 12.0. The van der Waals surface area contributed by atoms with Crippen LogP contribution in [-0.2, 0) is 6.54 Å². The van der Waals surface area contributed by atoms with Crippen LogP contribution >= 0.6 is 0 Å². The van der Waals surface area contributed by atoms with Gasteiger partial charge >= 0.3 is 0 Å². The van der Waals surface area contributed by atoms with Crippen LogP contribution in [0.15, 0.2) is 18.2 Å². The number of aliphatic hydroxyl groups excluding tert-OH is 1. The van der Waals surface area contributed by atoms with Gasteiger partial charge in [0.1, 0.15) is 5.82 Å². The molecule has 0 heterocycles. The number of nitrogens with one attached hydrogen (secondary N) is 1. The lowest BCUT2D eigenvalue weighted by atomic mass is 10.1. The van der Waals surface area contributed by atoms with Gasteiger partial charge in [0, 0.05) is 24.7 Å². The molecule has 0 aromatic heterocycles. The first-order valence-corrected chi connectivity index (χ1v) is 7.16. The molecule has 0 atom stereocenters. The molecule has 0 saturated carbocycles. The van der Waals surface area contributed by atoms with E-state index in [1.165, 1.54) is 6.07 Å². The number of benzene rings is 1. The average Bonchev–Trinajstić information content (AvgIpc) is 2.33. The second-order valence-electron chi connectivity index (χ2n) is 6.36. The number of anilines is 1. The van der Waals surface area contributed by atoms with E-state index in [0.717, 1.165) is 5.56 Å². The minimum Gasteiger partial charge on any atom is -0.395 e. The van der Waals surface area contributed by atoms with E-state index < -0.39 is 0 Å². The highest BCUT2D eigenvalue weighted by Gasteiger charge is 2.19. The van der Waals surface area contributed by atoms with Crippen LogP contribution in [0.2, 0.25) is 0 Å². The lowest BCUT2D eigenvalue weighted by Gasteiger charge is -2.31. The number of hydrogen-bond acceptors (Lipinski definition) is 3. The van der Waals surface area contributed by atoms with E-state index in [1.807, 2.05) is 24.8 Å². The first kappa shape index (κ1) is 16.9. The Labute approximate surface area is 121 Å². The summed E-state index contributed by atoms with van der Waals surface area (Å²) in [5.74, 6) is -0.236. The number of aliphatic hydroxyl groups is 1. The van der Waals surface area contributed by atoms with Crippen LogP contribution in [0.25, 0.3) is 0 Å². The van der Waals surface area contributed by atoms with Crippen molar-refractivity contribution >= 4 is 5.69 Å². The van der Waals surface area contributed by atoms with Crippen LogP contribution in [0.5, 0.6) is 0 Å². The third kappa shape index (κ3) is 4.76. The zero-order valence-corrected chi connectivity index (χ0v) is 13.2. The van der Waals surface area contributed by atoms with Gasteiger partial charge in [0.15, 0.2) is 0 Å². The summed E-state index contributed by atoms with van der Waals surface area (Å²) in [7, 11) is 0. The molecule has 0 radical (unpaired) electrons. The third-order valence-corrected chi connectivity index (χ3v) is 3.13. The monoisotopic (exact) mass is 282 g/mol. The molecule has 0 fully saturated rings. The summed E-state index contributed by atoms with van der Waals surface area (Å²) in [6.07, 6.45) is 0. The summed E-state index contributed by atoms with van der Waals surface area (Å²) in [5.41, 5.74) is 1.49. The fourth-order valence-electron chi connectivity index (χ4n) is 2.12. The van der Waals surface area contributed by atoms with Crippen molar-refractivity contribution < 1.29 is 9.50 Å². The highest BCUT2D eigenvalue weighted by atomic mass is 19.1. The van der Waals surface area contributed by atoms with Crippen LogP contribution in [0.1, 0.15) is 40.2 Å². The molecule has 0 saturated heterocycles. The maximum absolute atomic E-state index is 14.3. The molecular weight excluding hydrogens is 255 g/mol. The molecule has 0 unspecified atom stereocenters. The Bertz CT molecular complexity index is 427. The lowest BCUT2D eigenvalue weighted by molar-refractivity contribution is 0.298. The summed E-state index contributed by atoms with van der Waals surface area (Å²) >= 11 is 0. The average molecular weight is 282 g/mol. The molecule has 3 nitrogen and oxygen atoms in total. The Balaban J connectivity index is 3.09. The summed E-state index contributed by atoms with van der Waals surface area (Å²) in [5, 5.41) is 12.6. The highest BCUT2D eigenvalue weighted by Crippen LogP contribution is 2.26. The van der Waals surface area contributed by atoms with Crippen molar-refractivity contribution in [3.8, 4) is 0 Å². The Morgan fingerprint density at radius 3 is 2.45 bits per heavy atom. The van der Waals surface area contributed by atoms with Gasteiger partial charge < -0.3 is 15.3 Å². The van der Waals surface area contributed by atoms with Crippen LogP contribution in [-0.4, -0.2) is 29.8 Å². The minimum atomic E-state index is -0.236. The number of halogens is 1. The number of rotatable bonds is 6. The van der Waals surface area contributed by atoms with Crippen molar-refractivity contribution in [3.63, 3.8) is 0 Å². The molecule has 0 bridgehead atoms. The van der Waals surface area contributed by atoms with Gasteiger partial charge in [-0.15, -0.1) is 0 Å². The van der Waals surface area contributed by atoms with Crippen molar-refractivity contribution in [2.45, 2.75) is 52.7 Å². The van der Waals surface area contributed by atoms with E-state index in [-0.39, 0.29) is 24.0 Å². The predicted octanol–water partition coefficient (Wildman–Crippen LogP) is 2.92. The zero-order valence-electron chi connectivity index (χ0n) is 13.2. The Morgan fingerprint density at radius 1 is 1.30 bits per heavy atom. The van der Waals surface area contributed by atoms with Gasteiger partial charge in [-0.1, -0.05) is 12.1 Å². The first-order chi connectivity index (χ1) is 9.26.